The van der Waals surface area contributed by atoms with Gasteiger partial charge in [0.15, 0.2) is 0 Å². The summed E-state index contributed by atoms with van der Waals surface area (Å²) < 4.78 is 5.01. The normalized spacial score (nSPS) is 33.6. The van der Waals surface area contributed by atoms with Crippen LogP contribution in [0.4, 0.5) is 0 Å². The van der Waals surface area contributed by atoms with E-state index in [0.717, 1.165) is 0 Å². The van der Waals surface area contributed by atoms with Crippen LogP contribution in [0.15, 0.2) is 0 Å². The number of hydrogen-bond acceptors (Lipinski definition) is 4. The number of carboxylic acid groups (broad SMARTS) is 1. The summed E-state index contributed by atoms with van der Waals surface area (Å²) in [6.07, 6.45) is 0. The van der Waals surface area contributed by atoms with E-state index in [1.165, 1.54) is 0 Å². The molecule has 62 valence electrons. The second-order valence-corrected chi connectivity index (χ2v) is 4.24. The van der Waals surface area contributed by atoms with Crippen molar-refractivity contribution in [3.63, 3.8) is 0 Å². The lowest BCUT2D eigenvalue weighted by Crippen LogP contribution is -2.57. The first-order chi connectivity index (χ1) is 5.22. The Kier molecular flexibility index (Phi) is 1.59. The molecule has 2 heterocycles. The third kappa shape index (κ3) is 1.13. The number of aliphatic carboxylic acids is 1. The fraction of sp³-hybridized carbons (Fsp3) is 0.833. The summed E-state index contributed by atoms with van der Waals surface area (Å²) >= 11 is 1.65. The molecule has 1 spiro atoms. The molecule has 0 saturated carbocycles. The second-order valence-electron chi connectivity index (χ2n) is 2.83. The van der Waals surface area contributed by atoms with Crippen molar-refractivity contribution in [2.24, 2.45) is 0 Å². The van der Waals surface area contributed by atoms with Crippen LogP contribution in [0.1, 0.15) is 0 Å². The molecule has 0 unspecified atom stereocenters. The molecule has 0 radical (unpaired) electrons. The van der Waals surface area contributed by atoms with E-state index in [4.69, 9.17) is 9.84 Å². The van der Waals surface area contributed by atoms with Gasteiger partial charge in [0.2, 0.25) is 0 Å². The van der Waals surface area contributed by atoms with E-state index in [9.17, 15) is 4.79 Å². The van der Waals surface area contributed by atoms with Gasteiger partial charge in [-0.1, -0.05) is 0 Å². The van der Waals surface area contributed by atoms with E-state index in [0.29, 0.717) is 19.0 Å². The minimum Gasteiger partial charge on any atom is -0.480 e. The van der Waals surface area contributed by atoms with Crippen LogP contribution in [0, 0.1) is 0 Å². The van der Waals surface area contributed by atoms with Gasteiger partial charge in [0, 0.05) is 5.75 Å². The minimum atomic E-state index is -0.763. The van der Waals surface area contributed by atoms with Crippen molar-refractivity contribution in [2.75, 3.05) is 19.0 Å². The van der Waals surface area contributed by atoms with E-state index < -0.39 is 5.97 Å². The molecule has 2 saturated heterocycles. The Hall–Kier alpha value is -0.260. The molecule has 11 heavy (non-hydrogen) atoms. The highest BCUT2D eigenvalue weighted by molar-refractivity contribution is 8.01. The first-order valence-electron chi connectivity index (χ1n) is 3.44. The number of carbonyl (C=O) groups is 1. The van der Waals surface area contributed by atoms with Crippen LogP contribution >= 0.6 is 11.8 Å². The Bertz CT molecular complexity index is 192. The highest BCUT2D eigenvalue weighted by atomic mass is 32.2. The van der Waals surface area contributed by atoms with Crippen molar-refractivity contribution < 1.29 is 14.6 Å². The quantitative estimate of drug-likeness (QED) is 0.563. The maximum absolute atomic E-state index is 10.5. The summed E-state index contributed by atoms with van der Waals surface area (Å²) in [7, 11) is 0. The van der Waals surface area contributed by atoms with Gasteiger partial charge in [-0.2, -0.15) is 0 Å². The van der Waals surface area contributed by atoms with E-state index >= 15 is 0 Å². The monoisotopic (exact) mass is 175 g/mol. The van der Waals surface area contributed by atoms with Crippen molar-refractivity contribution >= 4 is 17.7 Å². The summed E-state index contributed by atoms with van der Waals surface area (Å²) in [5, 5.41) is 11.7. The Morgan fingerprint density at radius 2 is 2.45 bits per heavy atom. The molecule has 2 aliphatic heterocycles. The van der Waals surface area contributed by atoms with Gasteiger partial charge in [0.05, 0.1) is 13.2 Å². The Balaban J connectivity index is 1.98. The van der Waals surface area contributed by atoms with Gasteiger partial charge in [-0.25, -0.2) is 0 Å². The lowest BCUT2D eigenvalue weighted by Gasteiger charge is -2.37. The average Bonchev–Trinajstić information content (AvgIpc) is 2.28. The SMILES string of the molecule is O=C(O)[C@@H]1CSC2(COC2)N1. The minimum absolute atomic E-state index is 0.0664. The third-order valence-corrected chi connectivity index (χ3v) is 3.34. The van der Waals surface area contributed by atoms with Crippen LogP contribution in [-0.4, -0.2) is 41.0 Å². The van der Waals surface area contributed by atoms with Gasteiger partial charge in [0.25, 0.3) is 0 Å². The van der Waals surface area contributed by atoms with Crippen LogP contribution in [0.25, 0.3) is 0 Å². The number of nitrogens with one attached hydrogen (secondary N) is 1. The lowest BCUT2D eigenvalue weighted by molar-refractivity contribution is -0.139. The molecular weight excluding hydrogens is 166 g/mol. The molecule has 0 aromatic heterocycles. The summed E-state index contributed by atoms with van der Waals surface area (Å²) in [6.45, 7) is 1.28. The number of hydrogen-bond donors (Lipinski definition) is 2. The maximum Gasteiger partial charge on any atom is 0.321 e. The summed E-state index contributed by atoms with van der Waals surface area (Å²) in [4.78, 5) is 10.4. The third-order valence-electron chi connectivity index (χ3n) is 1.93. The van der Waals surface area contributed by atoms with Crippen LogP contribution in [-0.2, 0) is 9.53 Å². The average molecular weight is 175 g/mol. The summed E-state index contributed by atoms with van der Waals surface area (Å²) in [5.74, 6) is -0.111. The lowest BCUT2D eigenvalue weighted by atomic mass is 10.2. The number of thioether (sulfide) groups is 1. The topological polar surface area (TPSA) is 58.6 Å². The van der Waals surface area contributed by atoms with E-state index in [1.54, 1.807) is 11.8 Å². The van der Waals surface area contributed by atoms with Gasteiger partial charge in [0.1, 0.15) is 10.9 Å². The van der Waals surface area contributed by atoms with Crippen molar-refractivity contribution in [3.8, 4) is 0 Å². The molecule has 5 heteroatoms. The maximum atomic E-state index is 10.5. The fourth-order valence-electron chi connectivity index (χ4n) is 1.23. The molecular formula is C6H9NO3S. The number of ether oxygens (including phenoxy) is 1. The molecule has 2 N–H and O–H groups in total. The Morgan fingerprint density at radius 3 is 2.73 bits per heavy atom. The molecule has 2 rings (SSSR count). The molecule has 0 amide bonds. The van der Waals surface area contributed by atoms with Gasteiger partial charge in [-0.3, -0.25) is 10.1 Å². The van der Waals surface area contributed by atoms with Gasteiger partial charge >= 0.3 is 5.97 Å². The van der Waals surface area contributed by atoms with Crippen LogP contribution < -0.4 is 5.32 Å². The van der Waals surface area contributed by atoms with E-state index in [2.05, 4.69) is 5.32 Å². The first kappa shape index (κ1) is 7.39. The molecule has 0 aliphatic carbocycles. The first-order valence-corrected chi connectivity index (χ1v) is 4.43. The largest absolute Gasteiger partial charge is 0.480 e. The molecule has 2 fully saturated rings. The molecule has 0 aromatic rings. The fourth-order valence-corrected chi connectivity index (χ4v) is 2.50. The van der Waals surface area contributed by atoms with Gasteiger partial charge in [-0.05, 0) is 0 Å². The zero-order chi connectivity index (χ0) is 7.90. The molecule has 1 atom stereocenters. The van der Waals surface area contributed by atoms with Gasteiger partial charge in [-0.15, -0.1) is 11.8 Å². The predicted molar refractivity (Wildman–Crippen MR) is 40.6 cm³/mol. The van der Waals surface area contributed by atoms with Crippen molar-refractivity contribution in [2.45, 2.75) is 10.9 Å². The smallest absolute Gasteiger partial charge is 0.321 e. The van der Waals surface area contributed by atoms with Crippen LogP contribution in [0.3, 0.4) is 0 Å². The summed E-state index contributed by atoms with van der Waals surface area (Å²) in [6, 6.07) is -0.385. The zero-order valence-electron chi connectivity index (χ0n) is 5.87. The number of carboxylic acids is 1. The molecule has 0 bridgehead atoms. The molecule has 0 aromatic carbocycles. The van der Waals surface area contributed by atoms with Gasteiger partial charge < -0.3 is 9.84 Å². The van der Waals surface area contributed by atoms with E-state index in [-0.39, 0.29) is 10.9 Å². The van der Waals surface area contributed by atoms with Crippen LogP contribution in [0.2, 0.25) is 0 Å². The summed E-state index contributed by atoms with van der Waals surface area (Å²) in [5.41, 5.74) is 0. The Labute approximate surface area is 68.3 Å². The highest BCUT2D eigenvalue weighted by Gasteiger charge is 2.47. The standard InChI is InChI=1S/C6H9NO3S/c8-5(9)4-1-11-6(7-4)2-10-3-6/h4,7H,1-3H2,(H,8,9)/t4-/m0/s1. The zero-order valence-corrected chi connectivity index (χ0v) is 6.69. The van der Waals surface area contributed by atoms with Crippen molar-refractivity contribution in [1.29, 1.82) is 0 Å². The Morgan fingerprint density at radius 1 is 1.73 bits per heavy atom. The van der Waals surface area contributed by atoms with Crippen molar-refractivity contribution in [3.05, 3.63) is 0 Å². The highest BCUT2D eigenvalue weighted by Crippen LogP contribution is 2.36. The molecule has 2 aliphatic rings. The predicted octanol–water partition coefficient (Wildman–Crippen LogP) is -0.497. The van der Waals surface area contributed by atoms with E-state index in [1.807, 2.05) is 0 Å². The molecule has 4 nitrogen and oxygen atoms in total. The number of rotatable bonds is 1. The second kappa shape index (κ2) is 2.36. The van der Waals surface area contributed by atoms with Crippen LogP contribution in [0.5, 0.6) is 0 Å². The van der Waals surface area contributed by atoms with Crippen molar-refractivity contribution in [1.82, 2.24) is 5.32 Å².